The molecule has 7 nitrogen and oxygen atoms in total. The zero-order valence-electron chi connectivity index (χ0n) is 12.2. The summed E-state index contributed by atoms with van der Waals surface area (Å²) in [5.74, 6) is 0. The summed E-state index contributed by atoms with van der Waals surface area (Å²) in [7, 11) is 2.04. The molecule has 0 amide bonds. The molecular weight excluding hydrogens is 282 g/mol. The first-order valence-electron chi connectivity index (χ1n) is 6.79. The number of likely N-dealkylation sites (N-methyl/N-ethyl adjacent to an activating group) is 1. The number of nitriles is 2. The van der Waals surface area contributed by atoms with Crippen LogP contribution in [0.4, 0.5) is 11.4 Å². The lowest BCUT2D eigenvalue weighted by molar-refractivity contribution is -0.384. The van der Waals surface area contributed by atoms with E-state index in [2.05, 4.69) is 9.80 Å². The van der Waals surface area contributed by atoms with E-state index >= 15 is 0 Å². The lowest BCUT2D eigenvalue weighted by Gasteiger charge is -2.34. The molecule has 0 saturated carbocycles. The highest BCUT2D eigenvalue weighted by atomic mass is 16.6. The molecule has 112 valence electrons. The Balaban J connectivity index is 2.45. The number of nitrogens with zero attached hydrogens (tertiary/aromatic N) is 5. The number of allylic oxidation sites excluding steroid dienone is 1. The lowest BCUT2D eigenvalue weighted by Crippen LogP contribution is -2.44. The minimum absolute atomic E-state index is 0.0562. The van der Waals surface area contributed by atoms with Gasteiger partial charge in [0.2, 0.25) is 0 Å². The van der Waals surface area contributed by atoms with Gasteiger partial charge in [0.15, 0.2) is 0 Å². The number of benzene rings is 1. The molecule has 22 heavy (non-hydrogen) atoms. The Morgan fingerprint density at radius 1 is 1.27 bits per heavy atom. The third kappa shape index (κ3) is 3.40. The van der Waals surface area contributed by atoms with Crippen molar-refractivity contribution < 1.29 is 4.92 Å². The summed E-state index contributed by atoms with van der Waals surface area (Å²) in [6, 6.07) is 8.11. The molecular formula is C15H15N5O2. The van der Waals surface area contributed by atoms with Crippen molar-refractivity contribution in [1.29, 1.82) is 10.5 Å². The van der Waals surface area contributed by atoms with E-state index in [1.807, 2.05) is 7.05 Å². The van der Waals surface area contributed by atoms with Gasteiger partial charge in [0.05, 0.1) is 4.92 Å². The fourth-order valence-corrected chi connectivity index (χ4v) is 2.35. The van der Waals surface area contributed by atoms with Crippen molar-refractivity contribution in [3.05, 3.63) is 39.4 Å². The van der Waals surface area contributed by atoms with Crippen molar-refractivity contribution in [3.63, 3.8) is 0 Å². The quantitative estimate of drug-likeness (QED) is 0.479. The first-order valence-corrected chi connectivity index (χ1v) is 6.79. The molecule has 0 N–H and O–H groups in total. The van der Waals surface area contributed by atoms with Crippen LogP contribution in [0.25, 0.3) is 6.08 Å². The highest BCUT2D eigenvalue weighted by Crippen LogP contribution is 2.28. The fourth-order valence-electron chi connectivity index (χ4n) is 2.35. The van der Waals surface area contributed by atoms with Crippen molar-refractivity contribution in [2.45, 2.75) is 0 Å². The van der Waals surface area contributed by atoms with E-state index in [0.29, 0.717) is 5.56 Å². The van der Waals surface area contributed by atoms with Gasteiger partial charge in [0, 0.05) is 49.6 Å². The van der Waals surface area contributed by atoms with Crippen LogP contribution in [-0.2, 0) is 0 Å². The van der Waals surface area contributed by atoms with Crippen molar-refractivity contribution in [2.75, 3.05) is 38.1 Å². The zero-order valence-corrected chi connectivity index (χ0v) is 12.2. The summed E-state index contributed by atoms with van der Waals surface area (Å²) in [4.78, 5) is 14.8. The van der Waals surface area contributed by atoms with Crippen LogP contribution in [0.5, 0.6) is 0 Å². The van der Waals surface area contributed by atoms with E-state index in [9.17, 15) is 10.1 Å². The van der Waals surface area contributed by atoms with Gasteiger partial charge in [-0.15, -0.1) is 0 Å². The van der Waals surface area contributed by atoms with Crippen LogP contribution in [0.15, 0.2) is 23.8 Å². The minimum Gasteiger partial charge on any atom is -0.368 e. The molecule has 1 aliphatic heterocycles. The van der Waals surface area contributed by atoms with E-state index in [-0.39, 0.29) is 11.3 Å². The standard InChI is InChI=1S/C15H15N5O2/c1-18-4-6-19(7-5-18)15-3-2-14(20(21)22)9-13(15)8-12(10-16)11-17/h2-3,8-9H,4-7H2,1H3. The van der Waals surface area contributed by atoms with E-state index in [1.54, 1.807) is 18.2 Å². The molecule has 0 aromatic heterocycles. The van der Waals surface area contributed by atoms with Crippen LogP contribution in [0.2, 0.25) is 0 Å². The first-order chi connectivity index (χ1) is 10.5. The third-order valence-electron chi connectivity index (χ3n) is 3.61. The smallest absolute Gasteiger partial charge is 0.270 e. The Bertz CT molecular complexity index is 675. The average Bonchev–Trinajstić information content (AvgIpc) is 2.53. The lowest BCUT2D eigenvalue weighted by atomic mass is 10.1. The molecule has 1 aliphatic rings. The molecule has 1 aromatic carbocycles. The van der Waals surface area contributed by atoms with Gasteiger partial charge >= 0.3 is 0 Å². The maximum Gasteiger partial charge on any atom is 0.270 e. The number of piperazine rings is 1. The van der Waals surface area contributed by atoms with Gasteiger partial charge in [0.25, 0.3) is 5.69 Å². The molecule has 1 heterocycles. The summed E-state index contributed by atoms with van der Waals surface area (Å²) in [6.07, 6.45) is 1.40. The van der Waals surface area contributed by atoms with E-state index in [4.69, 9.17) is 10.5 Å². The summed E-state index contributed by atoms with van der Waals surface area (Å²) >= 11 is 0. The number of hydrogen-bond donors (Lipinski definition) is 0. The average molecular weight is 297 g/mol. The third-order valence-corrected chi connectivity index (χ3v) is 3.61. The summed E-state index contributed by atoms with van der Waals surface area (Å²) in [6.45, 7) is 3.38. The molecule has 0 atom stereocenters. The van der Waals surface area contributed by atoms with Crippen molar-refractivity contribution in [2.24, 2.45) is 0 Å². The van der Waals surface area contributed by atoms with Crippen LogP contribution in [-0.4, -0.2) is 43.0 Å². The predicted octanol–water partition coefficient (Wildman–Crippen LogP) is 1.78. The molecule has 1 aromatic rings. The monoisotopic (exact) mass is 297 g/mol. The van der Waals surface area contributed by atoms with Crippen molar-refractivity contribution in [1.82, 2.24) is 4.90 Å². The van der Waals surface area contributed by atoms with Crippen LogP contribution < -0.4 is 4.90 Å². The van der Waals surface area contributed by atoms with Crippen LogP contribution >= 0.6 is 0 Å². The number of non-ortho nitro benzene ring substituents is 1. The second kappa shape index (κ2) is 6.70. The van der Waals surface area contributed by atoms with Crippen molar-refractivity contribution in [3.8, 4) is 12.1 Å². The second-order valence-electron chi connectivity index (χ2n) is 5.07. The van der Waals surface area contributed by atoms with Gasteiger partial charge in [0.1, 0.15) is 17.7 Å². The van der Waals surface area contributed by atoms with Crippen LogP contribution in [0.1, 0.15) is 5.56 Å². The highest BCUT2D eigenvalue weighted by molar-refractivity contribution is 5.74. The highest BCUT2D eigenvalue weighted by Gasteiger charge is 2.19. The maximum absolute atomic E-state index is 10.9. The summed E-state index contributed by atoms with van der Waals surface area (Å²) in [5.41, 5.74) is 1.20. The molecule has 2 rings (SSSR count). The van der Waals surface area contributed by atoms with E-state index in [1.165, 1.54) is 18.2 Å². The number of rotatable bonds is 3. The fraction of sp³-hybridized carbons (Fsp3) is 0.333. The molecule has 0 bridgehead atoms. The topological polar surface area (TPSA) is 97.2 Å². The molecule has 0 radical (unpaired) electrons. The predicted molar refractivity (Wildman–Crippen MR) is 82.0 cm³/mol. The van der Waals surface area contributed by atoms with Gasteiger partial charge in [-0.2, -0.15) is 10.5 Å². The number of anilines is 1. The summed E-state index contributed by atoms with van der Waals surface area (Å²) < 4.78 is 0. The summed E-state index contributed by atoms with van der Waals surface area (Å²) in [5, 5.41) is 28.8. The maximum atomic E-state index is 10.9. The molecule has 0 unspecified atom stereocenters. The van der Waals surface area contributed by atoms with Gasteiger partial charge < -0.3 is 9.80 Å². The van der Waals surface area contributed by atoms with Gasteiger partial charge in [-0.3, -0.25) is 10.1 Å². The Labute approximate surface area is 128 Å². The molecule has 1 fully saturated rings. The van der Waals surface area contributed by atoms with Gasteiger partial charge in [-0.05, 0) is 19.2 Å². The SMILES string of the molecule is CN1CCN(c2ccc([N+](=O)[O-])cc2C=C(C#N)C#N)CC1. The Hall–Kier alpha value is -2.90. The Morgan fingerprint density at radius 3 is 2.45 bits per heavy atom. The van der Waals surface area contributed by atoms with E-state index < -0.39 is 4.92 Å². The second-order valence-corrected chi connectivity index (χ2v) is 5.07. The van der Waals surface area contributed by atoms with Gasteiger partial charge in [-0.1, -0.05) is 0 Å². The molecule has 7 heteroatoms. The van der Waals surface area contributed by atoms with Crippen LogP contribution in [0, 0.1) is 32.8 Å². The Kier molecular flexibility index (Phi) is 4.72. The molecule has 0 aliphatic carbocycles. The van der Waals surface area contributed by atoms with Crippen molar-refractivity contribution >= 4 is 17.5 Å². The van der Waals surface area contributed by atoms with Gasteiger partial charge in [-0.25, -0.2) is 0 Å². The van der Waals surface area contributed by atoms with E-state index in [0.717, 1.165) is 31.9 Å². The zero-order chi connectivity index (χ0) is 16.1. The largest absolute Gasteiger partial charge is 0.368 e. The Morgan fingerprint density at radius 2 is 1.91 bits per heavy atom. The van der Waals surface area contributed by atoms with Crippen LogP contribution in [0.3, 0.4) is 0 Å². The number of nitro groups is 1. The first kappa shape index (κ1) is 15.5. The molecule has 1 saturated heterocycles. The molecule has 0 spiro atoms. The number of nitro benzene ring substituents is 1. The number of hydrogen-bond acceptors (Lipinski definition) is 6. The normalized spacial score (nSPS) is 14.8. The minimum atomic E-state index is -0.483.